The van der Waals surface area contributed by atoms with Gasteiger partial charge >= 0.3 is 12.0 Å². The number of para-hydroxylation sites is 1. The Kier molecular flexibility index (Phi) is 6.60. The highest BCUT2D eigenvalue weighted by atomic mass is 32.2. The second kappa shape index (κ2) is 9.32. The first-order valence-electron chi connectivity index (χ1n) is 8.86. The average Bonchev–Trinajstić information content (AvgIpc) is 2.71. The minimum Gasteiger partial charge on any atom is -0.496 e. The summed E-state index contributed by atoms with van der Waals surface area (Å²) in [5.41, 5.74) is 1.54. The van der Waals surface area contributed by atoms with Crippen molar-refractivity contribution in [3.63, 3.8) is 0 Å². The van der Waals surface area contributed by atoms with E-state index >= 15 is 0 Å². The molecule has 2 N–H and O–H groups in total. The molecule has 28 heavy (non-hydrogen) atoms. The van der Waals surface area contributed by atoms with Crippen molar-refractivity contribution in [1.82, 2.24) is 10.6 Å². The van der Waals surface area contributed by atoms with Crippen molar-refractivity contribution in [2.24, 2.45) is 0 Å². The fourth-order valence-corrected chi connectivity index (χ4v) is 3.74. The van der Waals surface area contributed by atoms with Crippen LogP contribution in [0.2, 0.25) is 0 Å². The van der Waals surface area contributed by atoms with Gasteiger partial charge < -0.3 is 20.1 Å². The van der Waals surface area contributed by atoms with Gasteiger partial charge in [0.05, 0.1) is 18.7 Å². The molecule has 0 fully saturated rings. The summed E-state index contributed by atoms with van der Waals surface area (Å²) in [4.78, 5) is 25.9. The van der Waals surface area contributed by atoms with Gasteiger partial charge in [-0.05, 0) is 25.1 Å². The van der Waals surface area contributed by atoms with Gasteiger partial charge in [0.1, 0.15) is 12.4 Å². The lowest BCUT2D eigenvalue weighted by Gasteiger charge is -2.29. The summed E-state index contributed by atoms with van der Waals surface area (Å²) in [6, 6.07) is 16.2. The number of nitrogens with one attached hydrogen (secondary N) is 2. The molecule has 2 aromatic carbocycles. The normalized spacial score (nSPS) is 16.2. The summed E-state index contributed by atoms with van der Waals surface area (Å²) < 4.78 is 10.9. The second-order valence-corrected chi connectivity index (χ2v) is 7.28. The smallest absolute Gasteiger partial charge is 0.338 e. The molecular formula is C21H22N2O4S. The maximum Gasteiger partial charge on any atom is 0.338 e. The minimum atomic E-state index is -0.640. The fourth-order valence-electron chi connectivity index (χ4n) is 2.99. The van der Waals surface area contributed by atoms with Crippen molar-refractivity contribution in [2.75, 3.05) is 19.5 Å². The molecule has 1 atom stereocenters. The second-order valence-electron chi connectivity index (χ2n) is 6.11. The number of methoxy groups -OCH3 is 1. The standard InChI is InChI=1S/C21H22N2O4S/c1-14-18(20(24)27-12-13-28-15-8-4-3-5-9-15)19(23-21(25)22-14)16-10-6-7-11-17(16)26-2/h3-11,19H,12-13H2,1-2H3,(H2,22,23,25). The van der Waals surface area contributed by atoms with Crippen molar-refractivity contribution in [2.45, 2.75) is 17.9 Å². The van der Waals surface area contributed by atoms with E-state index in [4.69, 9.17) is 9.47 Å². The predicted molar refractivity (Wildman–Crippen MR) is 108 cm³/mol. The van der Waals surface area contributed by atoms with Crippen molar-refractivity contribution < 1.29 is 19.1 Å². The van der Waals surface area contributed by atoms with Crippen LogP contribution < -0.4 is 15.4 Å². The zero-order valence-corrected chi connectivity index (χ0v) is 16.5. The van der Waals surface area contributed by atoms with Crippen LogP contribution in [0.5, 0.6) is 5.75 Å². The van der Waals surface area contributed by atoms with E-state index in [-0.39, 0.29) is 12.6 Å². The maximum atomic E-state index is 12.8. The summed E-state index contributed by atoms with van der Waals surface area (Å²) in [6.07, 6.45) is 0. The topological polar surface area (TPSA) is 76.7 Å². The molecular weight excluding hydrogens is 376 g/mol. The highest BCUT2D eigenvalue weighted by molar-refractivity contribution is 7.99. The molecule has 146 valence electrons. The molecule has 0 saturated carbocycles. The Morgan fingerprint density at radius 2 is 1.82 bits per heavy atom. The molecule has 0 aliphatic carbocycles. The van der Waals surface area contributed by atoms with E-state index in [1.807, 2.05) is 48.5 Å². The number of rotatable bonds is 7. The summed E-state index contributed by atoms with van der Waals surface area (Å²) in [5.74, 6) is 0.767. The van der Waals surface area contributed by atoms with E-state index < -0.39 is 12.0 Å². The van der Waals surface area contributed by atoms with Crippen molar-refractivity contribution in [3.05, 3.63) is 71.4 Å². The van der Waals surface area contributed by atoms with Gasteiger partial charge in [-0.3, -0.25) is 0 Å². The Labute approximate surface area is 168 Å². The number of esters is 1. The Morgan fingerprint density at radius 3 is 2.57 bits per heavy atom. The van der Waals surface area contributed by atoms with Crippen LogP contribution in [-0.2, 0) is 9.53 Å². The Balaban J connectivity index is 1.72. The monoisotopic (exact) mass is 398 g/mol. The Bertz CT molecular complexity index is 883. The third-order valence-corrected chi connectivity index (χ3v) is 5.24. The van der Waals surface area contributed by atoms with Crippen LogP contribution in [0.1, 0.15) is 18.5 Å². The fraction of sp³-hybridized carbons (Fsp3) is 0.238. The Morgan fingerprint density at radius 1 is 1.11 bits per heavy atom. The number of carbonyl (C=O) groups is 2. The van der Waals surface area contributed by atoms with Gasteiger partial charge in [-0.2, -0.15) is 0 Å². The molecule has 1 unspecified atom stereocenters. The van der Waals surface area contributed by atoms with E-state index in [0.29, 0.717) is 28.3 Å². The van der Waals surface area contributed by atoms with Crippen LogP contribution in [0.3, 0.4) is 0 Å². The van der Waals surface area contributed by atoms with Gasteiger partial charge in [-0.1, -0.05) is 36.4 Å². The van der Waals surface area contributed by atoms with Crippen LogP contribution in [0.4, 0.5) is 4.79 Å². The molecule has 0 bridgehead atoms. The van der Waals surface area contributed by atoms with Gasteiger partial charge in [0, 0.05) is 21.9 Å². The van der Waals surface area contributed by atoms with Crippen molar-refractivity contribution in [1.29, 1.82) is 0 Å². The number of thioether (sulfide) groups is 1. The predicted octanol–water partition coefficient (Wildman–Crippen LogP) is 3.66. The first-order chi connectivity index (χ1) is 13.6. The molecule has 1 aliphatic rings. The maximum absolute atomic E-state index is 12.8. The van der Waals surface area contributed by atoms with E-state index in [2.05, 4.69) is 10.6 Å². The van der Waals surface area contributed by atoms with Crippen LogP contribution in [0.15, 0.2) is 70.8 Å². The zero-order chi connectivity index (χ0) is 19.9. The number of hydrogen-bond acceptors (Lipinski definition) is 5. The molecule has 3 rings (SSSR count). The lowest BCUT2D eigenvalue weighted by molar-refractivity contribution is -0.138. The molecule has 0 spiro atoms. The molecule has 2 amide bonds. The van der Waals surface area contributed by atoms with E-state index in [9.17, 15) is 9.59 Å². The SMILES string of the molecule is COc1ccccc1C1NC(=O)NC(C)=C1C(=O)OCCSc1ccccc1. The van der Waals surface area contributed by atoms with Crippen molar-refractivity contribution in [3.8, 4) is 5.75 Å². The van der Waals surface area contributed by atoms with Gasteiger partial charge in [-0.25, -0.2) is 9.59 Å². The number of urea groups is 1. The molecule has 0 aromatic heterocycles. The number of hydrogen-bond donors (Lipinski definition) is 2. The van der Waals surface area contributed by atoms with Crippen LogP contribution in [-0.4, -0.2) is 31.5 Å². The molecule has 2 aromatic rings. The van der Waals surface area contributed by atoms with Gasteiger partial charge in [-0.15, -0.1) is 11.8 Å². The molecule has 7 heteroatoms. The van der Waals surface area contributed by atoms with Gasteiger partial charge in [0.25, 0.3) is 0 Å². The lowest BCUT2D eigenvalue weighted by Crippen LogP contribution is -2.45. The third kappa shape index (κ3) is 4.67. The summed E-state index contributed by atoms with van der Waals surface area (Å²) >= 11 is 1.61. The number of allylic oxidation sites excluding steroid dienone is 1. The number of amides is 2. The van der Waals surface area contributed by atoms with Crippen LogP contribution in [0.25, 0.3) is 0 Å². The van der Waals surface area contributed by atoms with E-state index in [1.165, 1.54) is 0 Å². The molecule has 1 aliphatic heterocycles. The lowest BCUT2D eigenvalue weighted by atomic mass is 9.95. The summed E-state index contributed by atoms with van der Waals surface area (Å²) in [6.45, 7) is 1.96. The average molecular weight is 398 g/mol. The largest absolute Gasteiger partial charge is 0.496 e. The number of carbonyl (C=O) groups excluding carboxylic acids is 2. The summed E-state index contributed by atoms with van der Waals surface area (Å²) in [5, 5.41) is 5.44. The molecule has 1 heterocycles. The van der Waals surface area contributed by atoms with Crippen molar-refractivity contribution >= 4 is 23.8 Å². The molecule has 6 nitrogen and oxygen atoms in total. The number of benzene rings is 2. The van der Waals surface area contributed by atoms with Gasteiger partial charge in [0.15, 0.2) is 0 Å². The zero-order valence-electron chi connectivity index (χ0n) is 15.7. The highest BCUT2D eigenvalue weighted by Crippen LogP contribution is 2.33. The molecule has 0 saturated heterocycles. The quantitative estimate of drug-likeness (QED) is 0.423. The minimum absolute atomic E-state index is 0.266. The van der Waals surface area contributed by atoms with E-state index in [1.54, 1.807) is 31.9 Å². The molecule has 0 radical (unpaired) electrons. The van der Waals surface area contributed by atoms with Gasteiger partial charge in [0.2, 0.25) is 0 Å². The highest BCUT2D eigenvalue weighted by Gasteiger charge is 2.33. The summed E-state index contributed by atoms with van der Waals surface area (Å²) in [7, 11) is 1.55. The first-order valence-corrected chi connectivity index (χ1v) is 9.85. The number of ether oxygens (including phenoxy) is 2. The third-order valence-electron chi connectivity index (χ3n) is 4.27. The Hall–Kier alpha value is -2.93. The van der Waals surface area contributed by atoms with E-state index in [0.717, 1.165) is 4.90 Å². The van der Waals surface area contributed by atoms with Crippen LogP contribution in [0, 0.1) is 0 Å². The van der Waals surface area contributed by atoms with Crippen LogP contribution >= 0.6 is 11.8 Å². The first kappa shape index (κ1) is 19.8.